The van der Waals surface area contributed by atoms with Crippen LogP contribution < -0.4 is 0 Å². The average Bonchev–Trinajstić information content (AvgIpc) is 2.58. The van der Waals surface area contributed by atoms with Crippen molar-refractivity contribution in [3.05, 3.63) is 11.6 Å². The zero-order chi connectivity index (χ0) is 13.9. The van der Waals surface area contributed by atoms with Crippen LogP contribution in [0.4, 0.5) is 0 Å². The summed E-state index contributed by atoms with van der Waals surface area (Å²) < 4.78 is 2.12. The van der Waals surface area contributed by atoms with Gasteiger partial charge >= 0.3 is 0 Å². The molecule has 1 saturated carbocycles. The van der Waals surface area contributed by atoms with E-state index in [9.17, 15) is 5.11 Å². The molecular formula is C15H27N3O. The highest BCUT2D eigenvalue weighted by Crippen LogP contribution is 2.27. The molecule has 4 nitrogen and oxygen atoms in total. The van der Waals surface area contributed by atoms with Crippen molar-refractivity contribution >= 4 is 0 Å². The lowest BCUT2D eigenvalue weighted by Crippen LogP contribution is -2.27. The first-order valence-corrected chi connectivity index (χ1v) is 7.57. The van der Waals surface area contributed by atoms with Gasteiger partial charge in [0.1, 0.15) is 12.4 Å². The van der Waals surface area contributed by atoms with Crippen LogP contribution >= 0.6 is 0 Å². The minimum absolute atomic E-state index is 0.0328. The van der Waals surface area contributed by atoms with Crippen molar-refractivity contribution in [2.75, 3.05) is 0 Å². The molecule has 0 saturated heterocycles. The normalized spacial score (nSPS) is 18.5. The summed E-state index contributed by atoms with van der Waals surface area (Å²) in [6.45, 7) is 6.40. The zero-order valence-corrected chi connectivity index (χ0v) is 12.5. The van der Waals surface area contributed by atoms with Crippen LogP contribution in [-0.4, -0.2) is 19.9 Å². The Labute approximate surface area is 116 Å². The first kappa shape index (κ1) is 14.5. The fourth-order valence-corrected chi connectivity index (χ4v) is 3.19. The van der Waals surface area contributed by atoms with Gasteiger partial charge in [-0.25, -0.2) is 0 Å². The van der Waals surface area contributed by atoms with Crippen LogP contribution in [0.1, 0.15) is 70.9 Å². The maximum absolute atomic E-state index is 9.42. The minimum atomic E-state index is -0.0678. The van der Waals surface area contributed by atoms with Gasteiger partial charge in [-0.15, -0.1) is 10.2 Å². The molecule has 0 radical (unpaired) electrons. The molecule has 19 heavy (non-hydrogen) atoms. The van der Waals surface area contributed by atoms with E-state index < -0.39 is 0 Å². The molecule has 1 aliphatic carbocycles. The van der Waals surface area contributed by atoms with Crippen LogP contribution in [-0.2, 0) is 18.6 Å². The summed E-state index contributed by atoms with van der Waals surface area (Å²) in [7, 11) is 0. The first-order chi connectivity index (χ1) is 9.02. The topological polar surface area (TPSA) is 50.9 Å². The molecule has 0 unspecified atom stereocenters. The van der Waals surface area contributed by atoms with Gasteiger partial charge in [-0.05, 0) is 26.7 Å². The van der Waals surface area contributed by atoms with E-state index >= 15 is 0 Å². The van der Waals surface area contributed by atoms with Crippen molar-refractivity contribution in [2.24, 2.45) is 5.92 Å². The quantitative estimate of drug-likeness (QED) is 0.855. The summed E-state index contributed by atoms with van der Waals surface area (Å²) in [6.07, 6.45) is 9.08. The Morgan fingerprint density at radius 2 is 1.63 bits per heavy atom. The van der Waals surface area contributed by atoms with Crippen LogP contribution in [0.5, 0.6) is 0 Å². The predicted octanol–water partition coefficient (Wildman–Crippen LogP) is 3.04. The van der Waals surface area contributed by atoms with Gasteiger partial charge < -0.3 is 9.67 Å². The van der Waals surface area contributed by atoms with Crippen LogP contribution in [0.2, 0.25) is 0 Å². The SMILES string of the molecule is CC(C)(C)n1c(CO)nnc1CC1CCCCCC1. The third kappa shape index (κ3) is 3.56. The molecular weight excluding hydrogens is 238 g/mol. The second-order valence-corrected chi connectivity index (χ2v) is 6.76. The van der Waals surface area contributed by atoms with Crippen molar-refractivity contribution in [3.63, 3.8) is 0 Å². The molecule has 1 N–H and O–H groups in total. The molecule has 2 rings (SSSR count). The number of aromatic nitrogens is 3. The van der Waals surface area contributed by atoms with Crippen LogP contribution in [0.15, 0.2) is 0 Å². The molecule has 1 heterocycles. The predicted molar refractivity (Wildman–Crippen MR) is 75.8 cm³/mol. The molecule has 1 aromatic rings. The van der Waals surface area contributed by atoms with E-state index in [2.05, 4.69) is 35.5 Å². The summed E-state index contributed by atoms with van der Waals surface area (Å²) in [5.41, 5.74) is -0.0678. The summed E-state index contributed by atoms with van der Waals surface area (Å²) >= 11 is 0. The lowest BCUT2D eigenvalue weighted by atomic mass is 9.95. The number of hydrogen-bond acceptors (Lipinski definition) is 3. The van der Waals surface area contributed by atoms with Crippen molar-refractivity contribution in [1.29, 1.82) is 0 Å². The van der Waals surface area contributed by atoms with Crippen molar-refractivity contribution < 1.29 is 5.11 Å². The molecule has 4 heteroatoms. The van der Waals surface area contributed by atoms with Crippen LogP contribution in [0.25, 0.3) is 0 Å². The van der Waals surface area contributed by atoms with E-state index in [1.807, 2.05) is 0 Å². The third-order valence-electron chi connectivity index (χ3n) is 4.06. The molecule has 0 amide bonds. The Hall–Kier alpha value is -0.900. The number of rotatable bonds is 3. The molecule has 0 bridgehead atoms. The molecule has 0 aliphatic heterocycles. The zero-order valence-electron chi connectivity index (χ0n) is 12.5. The number of hydrogen-bond donors (Lipinski definition) is 1. The highest BCUT2D eigenvalue weighted by Gasteiger charge is 2.24. The van der Waals surface area contributed by atoms with E-state index in [1.165, 1.54) is 38.5 Å². The van der Waals surface area contributed by atoms with Crippen LogP contribution in [0, 0.1) is 5.92 Å². The standard InChI is InChI=1S/C15H27N3O/c1-15(2,3)18-13(16-17-14(18)11-19)10-12-8-6-4-5-7-9-12/h12,19H,4-11H2,1-3H3. The Kier molecular flexibility index (Phi) is 4.61. The minimum Gasteiger partial charge on any atom is -0.388 e. The Morgan fingerprint density at radius 3 is 2.16 bits per heavy atom. The van der Waals surface area contributed by atoms with Gasteiger partial charge in [0.15, 0.2) is 5.82 Å². The molecule has 0 aromatic carbocycles. The largest absolute Gasteiger partial charge is 0.388 e. The molecule has 0 atom stereocenters. The lowest BCUT2D eigenvalue weighted by Gasteiger charge is -2.26. The van der Waals surface area contributed by atoms with Gasteiger partial charge in [0, 0.05) is 12.0 Å². The number of aliphatic hydroxyl groups excluding tert-OH is 1. The summed E-state index contributed by atoms with van der Waals surface area (Å²) in [5, 5.41) is 17.9. The van der Waals surface area contributed by atoms with E-state index in [4.69, 9.17) is 0 Å². The van der Waals surface area contributed by atoms with Crippen molar-refractivity contribution in [1.82, 2.24) is 14.8 Å². The van der Waals surface area contributed by atoms with Gasteiger partial charge in [0.25, 0.3) is 0 Å². The van der Waals surface area contributed by atoms with Gasteiger partial charge in [0.05, 0.1) is 0 Å². The molecule has 0 spiro atoms. The highest BCUT2D eigenvalue weighted by molar-refractivity contribution is 5.01. The maximum Gasteiger partial charge on any atom is 0.159 e. The van der Waals surface area contributed by atoms with Gasteiger partial charge in [-0.3, -0.25) is 0 Å². The fourth-order valence-electron chi connectivity index (χ4n) is 3.19. The van der Waals surface area contributed by atoms with E-state index in [0.29, 0.717) is 5.82 Å². The number of aliphatic hydroxyl groups is 1. The summed E-state index contributed by atoms with van der Waals surface area (Å²) in [6, 6.07) is 0. The second kappa shape index (κ2) is 6.04. The summed E-state index contributed by atoms with van der Waals surface area (Å²) in [4.78, 5) is 0. The first-order valence-electron chi connectivity index (χ1n) is 7.57. The van der Waals surface area contributed by atoms with Gasteiger partial charge in [-0.2, -0.15) is 0 Å². The van der Waals surface area contributed by atoms with E-state index in [1.54, 1.807) is 0 Å². The van der Waals surface area contributed by atoms with E-state index in [-0.39, 0.29) is 12.1 Å². The highest BCUT2D eigenvalue weighted by atomic mass is 16.3. The smallest absolute Gasteiger partial charge is 0.159 e. The molecule has 1 fully saturated rings. The van der Waals surface area contributed by atoms with Gasteiger partial charge in [0.2, 0.25) is 0 Å². The Balaban J connectivity index is 2.17. The van der Waals surface area contributed by atoms with Crippen molar-refractivity contribution in [2.45, 2.75) is 77.9 Å². The summed E-state index contributed by atoms with van der Waals surface area (Å²) in [5.74, 6) is 2.47. The number of nitrogens with zero attached hydrogens (tertiary/aromatic N) is 3. The lowest BCUT2D eigenvalue weighted by molar-refractivity contribution is 0.246. The average molecular weight is 265 g/mol. The van der Waals surface area contributed by atoms with Crippen LogP contribution in [0.3, 0.4) is 0 Å². The van der Waals surface area contributed by atoms with Gasteiger partial charge in [-0.1, -0.05) is 38.5 Å². The monoisotopic (exact) mass is 265 g/mol. The molecule has 1 aromatic heterocycles. The van der Waals surface area contributed by atoms with E-state index in [0.717, 1.165) is 18.2 Å². The Morgan fingerprint density at radius 1 is 1.05 bits per heavy atom. The van der Waals surface area contributed by atoms with Crippen molar-refractivity contribution in [3.8, 4) is 0 Å². The second-order valence-electron chi connectivity index (χ2n) is 6.76. The Bertz CT molecular complexity index is 398. The third-order valence-corrected chi connectivity index (χ3v) is 4.06. The molecule has 1 aliphatic rings. The maximum atomic E-state index is 9.42. The molecule has 108 valence electrons. The fraction of sp³-hybridized carbons (Fsp3) is 0.867.